The molecular weight excluding hydrogens is 204 g/mol. The molecule has 88 valence electrons. The van der Waals surface area contributed by atoms with Crippen molar-refractivity contribution in [3.05, 3.63) is 30.1 Å². The summed E-state index contributed by atoms with van der Waals surface area (Å²) in [6.07, 6.45) is 4.19. The molecule has 0 aliphatic rings. The van der Waals surface area contributed by atoms with E-state index in [1.165, 1.54) is 0 Å². The second kappa shape index (κ2) is 6.23. The van der Waals surface area contributed by atoms with E-state index < -0.39 is 5.97 Å². The van der Waals surface area contributed by atoms with Gasteiger partial charge in [-0.15, -0.1) is 0 Å². The van der Waals surface area contributed by atoms with Crippen LogP contribution in [0.25, 0.3) is 0 Å². The number of aromatic nitrogens is 1. The minimum Gasteiger partial charge on any atom is -0.481 e. The lowest BCUT2D eigenvalue weighted by molar-refractivity contribution is -0.142. The molecule has 0 amide bonds. The van der Waals surface area contributed by atoms with Gasteiger partial charge in [-0.25, -0.2) is 0 Å². The lowest BCUT2D eigenvalue weighted by atomic mass is 10.1. The Balaban J connectivity index is 2.47. The predicted octanol–water partition coefficient (Wildman–Crippen LogP) is 1.62. The molecule has 0 aliphatic carbocycles. The van der Waals surface area contributed by atoms with Gasteiger partial charge in [0.05, 0.1) is 5.92 Å². The van der Waals surface area contributed by atoms with E-state index in [1.54, 1.807) is 12.4 Å². The molecule has 1 unspecified atom stereocenters. The van der Waals surface area contributed by atoms with Crippen molar-refractivity contribution in [3.63, 3.8) is 0 Å². The highest BCUT2D eigenvalue weighted by Gasteiger charge is 2.16. The second-order valence-electron chi connectivity index (χ2n) is 4.00. The quantitative estimate of drug-likeness (QED) is 0.794. The summed E-state index contributed by atoms with van der Waals surface area (Å²) in [6.45, 7) is 3.20. The van der Waals surface area contributed by atoms with Crippen molar-refractivity contribution in [2.75, 3.05) is 13.6 Å². The number of nitrogens with zero attached hydrogens (tertiary/aromatic N) is 2. The van der Waals surface area contributed by atoms with Crippen LogP contribution in [0.4, 0.5) is 0 Å². The number of carboxylic acid groups (broad SMARTS) is 1. The van der Waals surface area contributed by atoms with Crippen LogP contribution in [0.5, 0.6) is 0 Å². The number of rotatable bonds is 6. The van der Waals surface area contributed by atoms with Gasteiger partial charge in [0.25, 0.3) is 0 Å². The Labute approximate surface area is 95.9 Å². The zero-order valence-electron chi connectivity index (χ0n) is 9.76. The van der Waals surface area contributed by atoms with E-state index in [-0.39, 0.29) is 5.92 Å². The van der Waals surface area contributed by atoms with Crippen molar-refractivity contribution in [2.24, 2.45) is 5.92 Å². The van der Waals surface area contributed by atoms with Crippen LogP contribution in [0, 0.1) is 5.92 Å². The molecule has 0 fully saturated rings. The molecule has 1 rings (SSSR count). The lowest BCUT2D eigenvalue weighted by Crippen LogP contribution is -2.29. The second-order valence-corrected chi connectivity index (χ2v) is 4.00. The van der Waals surface area contributed by atoms with E-state index in [2.05, 4.69) is 4.98 Å². The van der Waals surface area contributed by atoms with Gasteiger partial charge in [0.1, 0.15) is 0 Å². The minimum absolute atomic E-state index is 0.290. The summed E-state index contributed by atoms with van der Waals surface area (Å²) in [4.78, 5) is 16.9. The van der Waals surface area contributed by atoms with Crippen molar-refractivity contribution in [1.82, 2.24) is 9.88 Å². The van der Waals surface area contributed by atoms with E-state index >= 15 is 0 Å². The number of carbonyl (C=O) groups is 1. The van der Waals surface area contributed by atoms with E-state index in [4.69, 9.17) is 5.11 Å². The third kappa shape index (κ3) is 3.98. The molecule has 0 bridgehead atoms. The molecule has 1 heterocycles. The number of aliphatic carboxylic acids is 1. The standard InChI is InChI=1S/C12H18N2O2/c1-3-11(12(15)16)9-14(2)8-10-5-4-6-13-7-10/h4-7,11H,3,8-9H2,1-2H3,(H,15,16). The first-order chi connectivity index (χ1) is 7.63. The largest absolute Gasteiger partial charge is 0.481 e. The summed E-state index contributed by atoms with van der Waals surface area (Å²) in [5.74, 6) is -1.01. The first kappa shape index (κ1) is 12.6. The van der Waals surface area contributed by atoms with Crippen LogP contribution in [-0.4, -0.2) is 34.6 Å². The average molecular weight is 222 g/mol. The maximum atomic E-state index is 10.9. The molecule has 1 atom stereocenters. The highest BCUT2D eigenvalue weighted by Crippen LogP contribution is 2.07. The Bertz CT molecular complexity index is 327. The fraction of sp³-hybridized carbons (Fsp3) is 0.500. The first-order valence-corrected chi connectivity index (χ1v) is 5.43. The third-order valence-corrected chi connectivity index (χ3v) is 2.55. The van der Waals surface area contributed by atoms with Crippen LogP contribution in [0.15, 0.2) is 24.5 Å². The molecule has 1 N–H and O–H groups in total. The molecule has 0 aliphatic heterocycles. The summed E-state index contributed by atoms with van der Waals surface area (Å²) in [5.41, 5.74) is 1.10. The van der Waals surface area contributed by atoms with Crippen LogP contribution in [0.1, 0.15) is 18.9 Å². The van der Waals surface area contributed by atoms with E-state index in [0.717, 1.165) is 12.1 Å². The molecule has 0 saturated carbocycles. The van der Waals surface area contributed by atoms with Crippen LogP contribution in [0.3, 0.4) is 0 Å². The van der Waals surface area contributed by atoms with Gasteiger partial charge in [-0.1, -0.05) is 13.0 Å². The van der Waals surface area contributed by atoms with Gasteiger partial charge in [-0.2, -0.15) is 0 Å². The normalized spacial score (nSPS) is 12.7. The average Bonchev–Trinajstić information content (AvgIpc) is 2.27. The summed E-state index contributed by atoms with van der Waals surface area (Å²) < 4.78 is 0. The van der Waals surface area contributed by atoms with Crippen molar-refractivity contribution in [2.45, 2.75) is 19.9 Å². The summed E-state index contributed by atoms with van der Waals surface area (Å²) >= 11 is 0. The molecule has 0 aromatic carbocycles. The fourth-order valence-electron chi connectivity index (χ4n) is 1.63. The molecule has 0 saturated heterocycles. The smallest absolute Gasteiger partial charge is 0.307 e. The Hall–Kier alpha value is -1.42. The van der Waals surface area contributed by atoms with Crippen LogP contribution in [0.2, 0.25) is 0 Å². The molecule has 4 heteroatoms. The van der Waals surface area contributed by atoms with Gasteiger partial charge >= 0.3 is 5.97 Å². The number of carboxylic acids is 1. The van der Waals surface area contributed by atoms with Crippen molar-refractivity contribution in [3.8, 4) is 0 Å². The van der Waals surface area contributed by atoms with Crippen molar-refractivity contribution in [1.29, 1.82) is 0 Å². The van der Waals surface area contributed by atoms with Crippen molar-refractivity contribution < 1.29 is 9.90 Å². The first-order valence-electron chi connectivity index (χ1n) is 5.43. The minimum atomic E-state index is -0.722. The van der Waals surface area contributed by atoms with Gasteiger partial charge < -0.3 is 10.0 Å². The Morgan fingerprint density at radius 2 is 2.38 bits per heavy atom. The summed E-state index contributed by atoms with van der Waals surface area (Å²) in [5, 5.41) is 8.95. The fourth-order valence-corrected chi connectivity index (χ4v) is 1.63. The maximum Gasteiger partial charge on any atom is 0.307 e. The maximum absolute atomic E-state index is 10.9. The Morgan fingerprint density at radius 3 is 2.88 bits per heavy atom. The number of hydrogen-bond acceptors (Lipinski definition) is 3. The topological polar surface area (TPSA) is 53.4 Å². The molecule has 1 aromatic rings. The molecule has 16 heavy (non-hydrogen) atoms. The monoisotopic (exact) mass is 222 g/mol. The zero-order valence-corrected chi connectivity index (χ0v) is 9.76. The van der Waals surface area contributed by atoms with Gasteiger partial charge in [-0.3, -0.25) is 9.78 Å². The van der Waals surface area contributed by atoms with Crippen LogP contribution < -0.4 is 0 Å². The van der Waals surface area contributed by atoms with Crippen LogP contribution >= 0.6 is 0 Å². The highest BCUT2D eigenvalue weighted by molar-refractivity contribution is 5.70. The van der Waals surface area contributed by atoms with Crippen molar-refractivity contribution >= 4 is 5.97 Å². The molecule has 1 aromatic heterocycles. The highest BCUT2D eigenvalue weighted by atomic mass is 16.4. The Kier molecular flexibility index (Phi) is 4.92. The van der Waals surface area contributed by atoms with Crippen LogP contribution in [-0.2, 0) is 11.3 Å². The van der Waals surface area contributed by atoms with Gasteiger partial charge in [0.2, 0.25) is 0 Å². The third-order valence-electron chi connectivity index (χ3n) is 2.55. The molecule has 0 radical (unpaired) electrons. The molecule has 4 nitrogen and oxygen atoms in total. The van der Waals surface area contributed by atoms with E-state index in [9.17, 15) is 4.79 Å². The zero-order chi connectivity index (χ0) is 12.0. The molecule has 0 spiro atoms. The summed E-state index contributed by atoms with van der Waals surface area (Å²) in [7, 11) is 1.93. The molecular formula is C12H18N2O2. The predicted molar refractivity (Wildman–Crippen MR) is 62.0 cm³/mol. The Morgan fingerprint density at radius 1 is 1.62 bits per heavy atom. The van der Waals surface area contributed by atoms with E-state index in [1.807, 2.05) is 31.0 Å². The van der Waals surface area contributed by atoms with Gasteiger partial charge in [0.15, 0.2) is 0 Å². The lowest BCUT2D eigenvalue weighted by Gasteiger charge is -2.20. The number of pyridine rings is 1. The van der Waals surface area contributed by atoms with Gasteiger partial charge in [-0.05, 0) is 25.1 Å². The summed E-state index contributed by atoms with van der Waals surface area (Å²) in [6, 6.07) is 3.88. The number of hydrogen-bond donors (Lipinski definition) is 1. The van der Waals surface area contributed by atoms with Gasteiger partial charge in [0, 0.05) is 25.5 Å². The SMILES string of the molecule is CCC(CN(C)Cc1cccnc1)C(=O)O. The van der Waals surface area contributed by atoms with E-state index in [0.29, 0.717) is 13.0 Å².